The molecule has 1 aliphatic heterocycles. The van der Waals surface area contributed by atoms with E-state index >= 15 is 0 Å². The Hall–Kier alpha value is -1.13. The predicted molar refractivity (Wildman–Crippen MR) is 74.0 cm³/mol. The molecule has 0 spiro atoms. The maximum atomic E-state index is 13.7. The van der Waals surface area contributed by atoms with E-state index in [9.17, 15) is 9.50 Å². The summed E-state index contributed by atoms with van der Waals surface area (Å²) >= 11 is 0. The van der Waals surface area contributed by atoms with Crippen LogP contribution in [0.5, 0.6) is 0 Å². The van der Waals surface area contributed by atoms with Gasteiger partial charge in [-0.2, -0.15) is 0 Å². The van der Waals surface area contributed by atoms with Crippen molar-refractivity contribution in [2.75, 3.05) is 18.0 Å². The van der Waals surface area contributed by atoms with Crippen LogP contribution < -0.4 is 4.90 Å². The maximum Gasteiger partial charge on any atom is 0.126 e. The summed E-state index contributed by atoms with van der Waals surface area (Å²) < 4.78 is 19.4. The molecule has 1 unspecified atom stereocenters. The van der Waals surface area contributed by atoms with Crippen molar-refractivity contribution in [3.63, 3.8) is 0 Å². The number of halogens is 1. The Labute approximate surface area is 114 Å². The van der Waals surface area contributed by atoms with Gasteiger partial charge in [0.1, 0.15) is 5.82 Å². The second-order valence-corrected chi connectivity index (χ2v) is 5.50. The Bertz CT molecular complexity index is 452. The van der Waals surface area contributed by atoms with Gasteiger partial charge in [-0.15, -0.1) is 0 Å². The first kappa shape index (κ1) is 14.3. The van der Waals surface area contributed by atoms with Crippen molar-refractivity contribution in [1.29, 1.82) is 0 Å². The van der Waals surface area contributed by atoms with Gasteiger partial charge in [0.2, 0.25) is 0 Å². The van der Waals surface area contributed by atoms with E-state index in [0.29, 0.717) is 11.1 Å². The molecule has 106 valence electrons. The lowest BCUT2D eigenvalue weighted by molar-refractivity contribution is -0.00538. The number of ether oxygens (including phenoxy) is 1. The van der Waals surface area contributed by atoms with Crippen molar-refractivity contribution in [2.24, 2.45) is 0 Å². The van der Waals surface area contributed by atoms with Gasteiger partial charge in [0.15, 0.2) is 0 Å². The van der Waals surface area contributed by atoms with Gasteiger partial charge < -0.3 is 14.7 Å². The van der Waals surface area contributed by atoms with Crippen LogP contribution in [0, 0.1) is 12.7 Å². The van der Waals surface area contributed by atoms with E-state index in [4.69, 9.17) is 4.74 Å². The zero-order valence-corrected chi connectivity index (χ0v) is 12.0. The summed E-state index contributed by atoms with van der Waals surface area (Å²) in [6.45, 7) is 8.99. The summed E-state index contributed by atoms with van der Waals surface area (Å²) in [6.07, 6.45) is -0.412. The quantitative estimate of drug-likeness (QED) is 0.894. The van der Waals surface area contributed by atoms with Crippen LogP contribution in [0.3, 0.4) is 0 Å². The van der Waals surface area contributed by atoms with Crippen LogP contribution in [0.2, 0.25) is 0 Å². The van der Waals surface area contributed by atoms with Gasteiger partial charge in [-0.25, -0.2) is 4.39 Å². The molecule has 1 saturated heterocycles. The van der Waals surface area contributed by atoms with Gasteiger partial charge in [-0.1, -0.05) is 0 Å². The largest absolute Gasteiger partial charge is 0.389 e. The fourth-order valence-corrected chi connectivity index (χ4v) is 2.66. The lowest BCUT2D eigenvalue weighted by Crippen LogP contribution is -2.46. The Balaban J connectivity index is 2.40. The number of aliphatic hydroxyl groups excluding tert-OH is 1. The van der Waals surface area contributed by atoms with Crippen LogP contribution in [0.15, 0.2) is 12.1 Å². The summed E-state index contributed by atoms with van der Waals surface area (Å²) in [7, 11) is 0. The SMILES string of the molecule is Cc1cc(N2C[C@@H](C)O[C@@H](C)C2)c(C(C)O)cc1F. The van der Waals surface area contributed by atoms with Gasteiger partial charge in [-0.3, -0.25) is 0 Å². The molecule has 3 nitrogen and oxygen atoms in total. The maximum absolute atomic E-state index is 13.7. The zero-order chi connectivity index (χ0) is 14.2. The summed E-state index contributed by atoms with van der Waals surface area (Å²) in [6, 6.07) is 3.27. The lowest BCUT2D eigenvalue weighted by Gasteiger charge is -2.38. The first-order valence-corrected chi connectivity index (χ1v) is 6.77. The number of aliphatic hydroxyl groups is 1. The second-order valence-electron chi connectivity index (χ2n) is 5.50. The third kappa shape index (κ3) is 3.07. The molecule has 1 fully saturated rings. The average molecular weight is 267 g/mol. The van der Waals surface area contributed by atoms with E-state index in [-0.39, 0.29) is 18.0 Å². The van der Waals surface area contributed by atoms with Crippen LogP contribution in [0.1, 0.15) is 38.0 Å². The number of hydrogen-bond acceptors (Lipinski definition) is 3. The fraction of sp³-hybridized carbons (Fsp3) is 0.600. The number of benzene rings is 1. The van der Waals surface area contributed by atoms with Gasteiger partial charge in [0.05, 0.1) is 18.3 Å². The van der Waals surface area contributed by atoms with Crippen molar-refractivity contribution in [1.82, 2.24) is 0 Å². The Kier molecular flexibility index (Phi) is 4.11. The number of anilines is 1. The molecule has 1 aromatic rings. The van der Waals surface area contributed by atoms with Crippen LogP contribution in [0.25, 0.3) is 0 Å². The van der Waals surface area contributed by atoms with E-state index in [1.165, 1.54) is 6.07 Å². The van der Waals surface area contributed by atoms with Gasteiger partial charge in [0.25, 0.3) is 0 Å². The molecule has 1 aromatic carbocycles. The first-order chi connectivity index (χ1) is 8.88. The van der Waals surface area contributed by atoms with E-state index in [0.717, 1.165) is 18.8 Å². The molecular weight excluding hydrogens is 245 g/mol. The third-order valence-electron chi connectivity index (χ3n) is 3.52. The predicted octanol–water partition coefficient (Wildman–Crippen LogP) is 2.80. The molecule has 1 aliphatic rings. The highest BCUT2D eigenvalue weighted by atomic mass is 19.1. The Morgan fingerprint density at radius 2 is 1.89 bits per heavy atom. The highest BCUT2D eigenvalue weighted by Crippen LogP contribution is 2.31. The van der Waals surface area contributed by atoms with Crippen LogP contribution in [0.4, 0.5) is 10.1 Å². The van der Waals surface area contributed by atoms with E-state index in [2.05, 4.69) is 4.90 Å². The monoisotopic (exact) mass is 267 g/mol. The minimum absolute atomic E-state index is 0.135. The first-order valence-electron chi connectivity index (χ1n) is 6.77. The van der Waals surface area contributed by atoms with Crippen LogP contribution >= 0.6 is 0 Å². The number of nitrogens with zero attached hydrogens (tertiary/aromatic N) is 1. The molecule has 4 heteroatoms. The zero-order valence-electron chi connectivity index (χ0n) is 12.0. The fourth-order valence-electron chi connectivity index (χ4n) is 2.66. The van der Waals surface area contributed by atoms with Gasteiger partial charge in [-0.05, 0) is 45.4 Å². The van der Waals surface area contributed by atoms with E-state index in [1.807, 2.05) is 19.9 Å². The molecule has 0 radical (unpaired) electrons. The summed E-state index contributed by atoms with van der Waals surface area (Å²) in [4.78, 5) is 2.17. The molecule has 0 aliphatic carbocycles. The number of aryl methyl sites for hydroxylation is 1. The number of hydrogen-bond donors (Lipinski definition) is 1. The average Bonchev–Trinajstić information content (AvgIpc) is 2.30. The molecule has 1 N–H and O–H groups in total. The van der Waals surface area contributed by atoms with Gasteiger partial charge in [0, 0.05) is 24.3 Å². The highest BCUT2D eigenvalue weighted by Gasteiger charge is 2.25. The van der Waals surface area contributed by atoms with Gasteiger partial charge >= 0.3 is 0 Å². The molecular formula is C15H22FNO2. The van der Waals surface area contributed by atoms with E-state index < -0.39 is 6.10 Å². The lowest BCUT2D eigenvalue weighted by atomic mass is 10.0. The summed E-state index contributed by atoms with van der Waals surface area (Å²) in [5.74, 6) is -0.269. The van der Waals surface area contributed by atoms with Crippen molar-refractivity contribution in [3.05, 3.63) is 29.1 Å². The Morgan fingerprint density at radius 3 is 2.42 bits per heavy atom. The summed E-state index contributed by atoms with van der Waals surface area (Å²) in [5.41, 5.74) is 2.16. The second kappa shape index (κ2) is 5.47. The van der Waals surface area contributed by atoms with Crippen LogP contribution in [-0.4, -0.2) is 30.4 Å². The van der Waals surface area contributed by atoms with Crippen molar-refractivity contribution >= 4 is 5.69 Å². The normalized spacial score (nSPS) is 25.5. The smallest absolute Gasteiger partial charge is 0.126 e. The highest BCUT2D eigenvalue weighted by molar-refractivity contribution is 5.57. The topological polar surface area (TPSA) is 32.7 Å². The molecule has 0 amide bonds. The van der Waals surface area contributed by atoms with Crippen molar-refractivity contribution < 1.29 is 14.2 Å². The molecule has 2 rings (SSSR count). The van der Waals surface area contributed by atoms with Crippen molar-refractivity contribution in [3.8, 4) is 0 Å². The molecule has 1 heterocycles. The molecule has 3 atom stereocenters. The molecule has 0 bridgehead atoms. The Morgan fingerprint density at radius 1 is 1.32 bits per heavy atom. The molecule has 19 heavy (non-hydrogen) atoms. The van der Waals surface area contributed by atoms with Crippen molar-refractivity contribution in [2.45, 2.75) is 46.0 Å². The third-order valence-corrected chi connectivity index (χ3v) is 3.52. The standard InChI is InChI=1S/C15H22FNO2/c1-9-5-15(13(12(4)18)6-14(9)16)17-7-10(2)19-11(3)8-17/h5-6,10-12,18H,7-8H2,1-4H3/t10-,11+,12?. The molecule has 0 saturated carbocycles. The summed E-state index contributed by atoms with van der Waals surface area (Å²) in [5, 5.41) is 9.86. The minimum atomic E-state index is -0.682. The van der Waals surface area contributed by atoms with Crippen LogP contribution in [-0.2, 0) is 4.74 Å². The number of rotatable bonds is 2. The number of morpholine rings is 1. The van der Waals surface area contributed by atoms with E-state index in [1.54, 1.807) is 13.8 Å². The molecule has 0 aromatic heterocycles. The minimum Gasteiger partial charge on any atom is -0.389 e.